The van der Waals surface area contributed by atoms with Gasteiger partial charge in [0.05, 0.1) is 48.0 Å². The molecule has 0 aliphatic carbocycles. The summed E-state index contributed by atoms with van der Waals surface area (Å²) in [7, 11) is 3.08. The molecular weight excluding hydrogens is 424 g/mol. The number of nitrogens with zero attached hydrogens (tertiary/aromatic N) is 3. The van der Waals surface area contributed by atoms with Crippen molar-refractivity contribution in [3.05, 3.63) is 84.8 Å². The summed E-state index contributed by atoms with van der Waals surface area (Å²) < 4.78 is 12.8. The van der Waals surface area contributed by atoms with Crippen LogP contribution in [0.25, 0.3) is 17.5 Å². The number of ether oxygens (including phenoxy) is 2. The number of methoxy groups -OCH3 is 2. The Bertz CT molecular complexity index is 1520. The molecule has 0 saturated carbocycles. The molecule has 3 aromatic rings. The summed E-state index contributed by atoms with van der Waals surface area (Å²) in [5, 5.41) is 20.0. The zero-order valence-electron chi connectivity index (χ0n) is 17.3. The van der Waals surface area contributed by atoms with Crippen LogP contribution in [-0.4, -0.2) is 18.8 Å². The fourth-order valence-corrected chi connectivity index (χ4v) is 4.91. The maximum Gasteiger partial charge on any atom is 0.274 e. The summed E-state index contributed by atoms with van der Waals surface area (Å²) in [4.78, 5) is 13.2. The van der Waals surface area contributed by atoms with Gasteiger partial charge in [0.2, 0.25) is 0 Å². The van der Waals surface area contributed by atoms with E-state index in [1.165, 1.54) is 11.7 Å². The first-order valence-electron chi connectivity index (χ1n) is 9.59. The molecule has 4 rings (SSSR count). The standard InChI is InChI=1S/C24H18N4O3S/c1-30-18-9-5-3-7-14(18)11-20-23(29)28-22(27)16(12-25)21(17(13-26)24(28)32-20)15-8-4-6-10-19(15)31-2/h3-11,21H,27H2,1-2H3/b20-11-. The average molecular weight is 443 g/mol. The fraction of sp³-hybridized carbons (Fsp3) is 0.125. The Morgan fingerprint density at radius 1 is 1.00 bits per heavy atom. The Hall–Kier alpha value is -4.27. The maximum atomic E-state index is 13.2. The zero-order chi connectivity index (χ0) is 22.8. The number of para-hydroxylation sites is 2. The second-order valence-electron chi connectivity index (χ2n) is 6.91. The Morgan fingerprint density at radius 3 is 2.28 bits per heavy atom. The van der Waals surface area contributed by atoms with Crippen LogP contribution >= 0.6 is 11.3 Å². The van der Waals surface area contributed by atoms with E-state index in [1.807, 2.05) is 18.2 Å². The Labute approximate surface area is 187 Å². The average Bonchev–Trinajstić information content (AvgIpc) is 3.15. The molecule has 2 N–H and O–H groups in total. The van der Waals surface area contributed by atoms with Gasteiger partial charge < -0.3 is 15.2 Å². The van der Waals surface area contributed by atoms with Crippen molar-refractivity contribution in [2.24, 2.45) is 5.73 Å². The van der Waals surface area contributed by atoms with E-state index < -0.39 is 11.5 Å². The Kier molecular flexibility index (Phi) is 5.55. The first-order valence-corrected chi connectivity index (χ1v) is 10.4. The van der Waals surface area contributed by atoms with Gasteiger partial charge in [-0.05, 0) is 18.2 Å². The van der Waals surface area contributed by atoms with Gasteiger partial charge in [-0.15, -0.1) is 11.3 Å². The van der Waals surface area contributed by atoms with E-state index in [4.69, 9.17) is 15.2 Å². The largest absolute Gasteiger partial charge is 0.496 e. The van der Waals surface area contributed by atoms with Gasteiger partial charge in [-0.25, -0.2) is 0 Å². The number of thiazole rings is 1. The minimum absolute atomic E-state index is 0.0123. The first kappa shape index (κ1) is 21.0. The molecule has 2 heterocycles. The number of hydrogen-bond acceptors (Lipinski definition) is 7. The van der Waals surface area contributed by atoms with Gasteiger partial charge in [0, 0.05) is 11.1 Å². The lowest BCUT2D eigenvalue weighted by Crippen LogP contribution is -2.38. The van der Waals surface area contributed by atoms with Crippen molar-refractivity contribution in [3.63, 3.8) is 0 Å². The highest BCUT2D eigenvalue weighted by Crippen LogP contribution is 2.39. The summed E-state index contributed by atoms with van der Waals surface area (Å²) in [6.45, 7) is 0. The van der Waals surface area contributed by atoms with Crippen molar-refractivity contribution in [3.8, 4) is 23.6 Å². The molecule has 0 amide bonds. The van der Waals surface area contributed by atoms with Gasteiger partial charge >= 0.3 is 0 Å². The topological polar surface area (TPSA) is 114 Å². The molecule has 0 fully saturated rings. The van der Waals surface area contributed by atoms with E-state index in [-0.39, 0.29) is 17.0 Å². The zero-order valence-corrected chi connectivity index (χ0v) is 18.1. The van der Waals surface area contributed by atoms with Crippen LogP contribution in [0.15, 0.2) is 58.9 Å². The van der Waals surface area contributed by atoms with E-state index in [2.05, 4.69) is 12.1 Å². The Balaban J connectivity index is 2.08. The van der Waals surface area contributed by atoms with Crippen LogP contribution in [0, 0.1) is 22.7 Å². The minimum atomic E-state index is -0.738. The molecular formula is C24H18N4O3S. The quantitative estimate of drug-likeness (QED) is 0.660. The lowest BCUT2D eigenvalue weighted by atomic mass is 9.84. The maximum absolute atomic E-state index is 13.2. The van der Waals surface area contributed by atoms with Crippen LogP contribution in [0.1, 0.15) is 17.0 Å². The van der Waals surface area contributed by atoms with E-state index in [1.54, 1.807) is 43.5 Å². The smallest absolute Gasteiger partial charge is 0.274 e. The summed E-state index contributed by atoms with van der Waals surface area (Å²) >= 11 is 1.15. The van der Waals surface area contributed by atoms with Gasteiger partial charge in [-0.1, -0.05) is 36.4 Å². The second kappa shape index (κ2) is 8.46. The number of fused-ring (bicyclic) bond motifs is 1. The van der Waals surface area contributed by atoms with E-state index in [0.29, 0.717) is 31.8 Å². The molecule has 1 aliphatic rings. The summed E-state index contributed by atoms with van der Waals surface area (Å²) in [6.07, 6.45) is 1.70. The molecule has 0 saturated heterocycles. The van der Waals surface area contributed by atoms with Crippen LogP contribution in [0.3, 0.4) is 0 Å². The van der Waals surface area contributed by atoms with Crippen molar-refractivity contribution in [1.29, 1.82) is 10.5 Å². The molecule has 1 aliphatic heterocycles. The van der Waals surface area contributed by atoms with Crippen molar-refractivity contribution >= 4 is 28.8 Å². The molecule has 0 bridgehead atoms. The molecule has 7 nitrogen and oxygen atoms in total. The lowest BCUT2D eigenvalue weighted by molar-refractivity contribution is 0.409. The summed E-state index contributed by atoms with van der Waals surface area (Å²) in [6, 6.07) is 18.8. The van der Waals surface area contributed by atoms with Crippen LogP contribution in [0.5, 0.6) is 11.5 Å². The molecule has 0 spiro atoms. The summed E-state index contributed by atoms with van der Waals surface area (Å²) in [5.41, 5.74) is 7.67. The molecule has 0 radical (unpaired) electrons. The van der Waals surface area contributed by atoms with Crippen LogP contribution < -0.4 is 30.0 Å². The number of aromatic nitrogens is 1. The van der Waals surface area contributed by atoms with Crippen LogP contribution in [0.2, 0.25) is 0 Å². The fourth-order valence-electron chi connectivity index (χ4n) is 3.79. The number of rotatable bonds is 4. The van der Waals surface area contributed by atoms with Crippen molar-refractivity contribution in [2.45, 2.75) is 5.92 Å². The van der Waals surface area contributed by atoms with Gasteiger partial charge in [0.25, 0.3) is 5.56 Å². The lowest BCUT2D eigenvalue weighted by Gasteiger charge is -2.23. The van der Waals surface area contributed by atoms with E-state index in [9.17, 15) is 15.3 Å². The van der Waals surface area contributed by atoms with Crippen molar-refractivity contribution in [1.82, 2.24) is 4.57 Å². The van der Waals surface area contributed by atoms with Gasteiger partial charge in [0.15, 0.2) is 0 Å². The third-order valence-electron chi connectivity index (χ3n) is 5.26. The van der Waals surface area contributed by atoms with Gasteiger partial charge in [-0.2, -0.15) is 10.5 Å². The van der Waals surface area contributed by atoms with Crippen molar-refractivity contribution < 1.29 is 9.47 Å². The predicted molar refractivity (Wildman–Crippen MR) is 122 cm³/mol. The Morgan fingerprint density at radius 2 is 1.62 bits per heavy atom. The summed E-state index contributed by atoms with van der Waals surface area (Å²) in [5.74, 6) is 0.413. The minimum Gasteiger partial charge on any atom is -0.496 e. The molecule has 1 atom stereocenters. The second-order valence-corrected chi connectivity index (χ2v) is 7.94. The van der Waals surface area contributed by atoms with Crippen LogP contribution in [0.4, 0.5) is 0 Å². The molecule has 1 unspecified atom stereocenters. The number of allylic oxidation sites excluding steroid dienone is 1. The number of hydrogen-bond donors (Lipinski definition) is 1. The number of nitriles is 2. The first-order chi connectivity index (χ1) is 15.5. The molecule has 1 aromatic heterocycles. The van der Waals surface area contributed by atoms with E-state index in [0.717, 1.165) is 11.3 Å². The van der Waals surface area contributed by atoms with E-state index >= 15 is 0 Å². The SMILES string of the molecule is COc1ccccc1/C=c1\sc2n(c1=O)C(N)=C(C#N)C(c1ccccc1OC)C=2C#N. The third kappa shape index (κ3) is 3.24. The highest BCUT2D eigenvalue weighted by Gasteiger charge is 2.33. The highest BCUT2D eigenvalue weighted by molar-refractivity contribution is 7.07. The molecule has 158 valence electrons. The van der Waals surface area contributed by atoms with Crippen molar-refractivity contribution in [2.75, 3.05) is 14.2 Å². The molecule has 8 heteroatoms. The normalized spacial score (nSPS) is 15.7. The molecule has 32 heavy (non-hydrogen) atoms. The van der Waals surface area contributed by atoms with Gasteiger partial charge in [-0.3, -0.25) is 9.36 Å². The monoisotopic (exact) mass is 442 g/mol. The number of nitrogens with two attached hydrogens (primary N) is 1. The predicted octanol–water partition coefficient (Wildman–Crippen LogP) is 1.88. The van der Waals surface area contributed by atoms with Crippen LogP contribution in [-0.2, 0) is 0 Å². The number of benzene rings is 2. The van der Waals surface area contributed by atoms with Gasteiger partial charge in [0.1, 0.15) is 22.0 Å². The molecule has 2 aromatic carbocycles. The third-order valence-corrected chi connectivity index (χ3v) is 6.37. The highest BCUT2D eigenvalue weighted by atomic mass is 32.1.